The smallest absolute Gasteiger partial charge is 0.165 e. The van der Waals surface area contributed by atoms with Gasteiger partial charge in [-0.05, 0) is 86.9 Å². The summed E-state index contributed by atoms with van der Waals surface area (Å²) in [6.07, 6.45) is 0. The van der Waals surface area contributed by atoms with Crippen LogP contribution in [0.15, 0.2) is 199 Å². The van der Waals surface area contributed by atoms with Crippen molar-refractivity contribution in [2.24, 2.45) is 0 Å². The number of rotatable bonds is 4. The fourth-order valence-electron chi connectivity index (χ4n) is 9.84. The molecule has 6 heteroatoms. The second-order valence-electron chi connectivity index (χ2n) is 16.4. The fourth-order valence-corrected chi connectivity index (χ4v) is 11.1. The molecule has 0 aliphatic carbocycles. The summed E-state index contributed by atoms with van der Waals surface area (Å²) in [4.78, 5) is 16.1. The summed E-state index contributed by atoms with van der Waals surface area (Å²) in [7, 11) is 0. The highest BCUT2D eigenvalue weighted by molar-refractivity contribution is 7.26. The SMILES string of the molecule is c1ccc2cc(-c3nc(-c4cc(-n5c6cc7ccccc7cc6c6c7ccccc7ccc65)c5oc6ccccc6c5c4)nc(-c4cccc5c4sc4ccccc45)n3)ccc2c1. The van der Waals surface area contributed by atoms with Gasteiger partial charge in [0.05, 0.1) is 16.7 Å². The van der Waals surface area contributed by atoms with Crippen molar-refractivity contribution in [3.8, 4) is 39.9 Å². The summed E-state index contributed by atoms with van der Waals surface area (Å²) in [6.45, 7) is 0. The van der Waals surface area contributed by atoms with Crippen LogP contribution in [0.1, 0.15) is 0 Å². The lowest BCUT2D eigenvalue weighted by Crippen LogP contribution is -2.02. The summed E-state index contributed by atoms with van der Waals surface area (Å²) >= 11 is 1.78. The van der Waals surface area contributed by atoms with E-state index in [-0.39, 0.29) is 0 Å². The Morgan fingerprint density at radius 2 is 1.05 bits per heavy atom. The molecule has 14 aromatic rings. The van der Waals surface area contributed by atoms with Crippen molar-refractivity contribution >= 4 is 108 Å². The zero-order valence-electron chi connectivity index (χ0n) is 33.6. The molecule has 0 fully saturated rings. The summed E-state index contributed by atoms with van der Waals surface area (Å²) in [5.74, 6) is 1.84. The Morgan fingerprint density at radius 3 is 1.90 bits per heavy atom. The maximum absolute atomic E-state index is 6.90. The van der Waals surface area contributed by atoms with E-state index in [1.54, 1.807) is 11.3 Å². The number of para-hydroxylation sites is 1. The van der Waals surface area contributed by atoms with Gasteiger partial charge >= 0.3 is 0 Å². The van der Waals surface area contributed by atoms with Gasteiger partial charge in [-0.15, -0.1) is 11.3 Å². The van der Waals surface area contributed by atoms with E-state index in [2.05, 4.69) is 193 Å². The van der Waals surface area contributed by atoms with Crippen molar-refractivity contribution in [1.82, 2.24) is 19.5 Å². The topological polar surface area (TPSA) is 56.7 Å². The molecule has 0 aliphatic heterocycles. The van der Waals surface area contributed by atoms with E-state index in [0.29, 0.717) is 17.5 Å². The quantitative estimate of drug-likeness (QED) is 0.177. The molecule has 0 bridgehead atoms. The monoisotopic (exact) mass is 820 g/mol. The molecule has 4 aromatic heterocycles. The summed E-state index contributed by atoms with van der Waals surface area (Å²) < 4.78 is 11.7. The molecule has 0 saturated heterocycles. The largest absolute Gasteiger partial charge is 0.454 e. The standard InChI is InChI=1S/C57H32N4OS/c1-2-14-35-28-38(25-24-33(35)12-1)55-58-56(60-57(59-55)44-21-11-20-43-42-19-8-10-23-51(42)63-54(43)44)39-30-45-41-18-7-9-22-50(41)62-53(45)49(32-39)61-47-27-26-34-13-5-6-17-40(34)52(47)46-29-36-15-3-4-16-37(36)31-48(46)61/h1-32H. The number of hydrogen-bond acceptors (Lipinski definition) is 5. The Labute approximate surface area is 363 Å². The van der Waals surface area contributed by atoms with Crippen LogP contribution in [-0.2, 0) is 0 Å². The number of benzene rings is 10. The van der Waals surface area contributed by atoms with Gasteiger partial charge in [-0.3, -0.25) is 0 Å². The highest BCUT2D eigenvalue weighted by Crippen LogP contribution is 2.44. The van der Waals surface area contributed by atoms with Gasteiger partial charge in [-0.2, -0.15) is 0 Å². The molecule has 0 N–H and O–H groups in total. The molecule has 0 aliphatic rings. The van der Waals surface area contributed by atoms with Crippen LogP contribution < -0.4 is 0 Å². The van der Waals surface area contributed by atoms with Gasteiger partial charge in [0.1, 0.15) is 5.58 Å². The molecular formula is C57H32N4OS. The number of furan rings is 1. The van der Waals surface area contributed by atoms with Gasteiger partial charge in [0.25, 0.3) is 0 Å². The van der Waals surface area contributed by atoms with Gasteiger partial charge in [-0.25, -0.2) is 15.0 Å². The molecule has 14 rings (SSSR count). The van der Waals surface area contributed by atoms with Crippen molar-refractivity contribution in [2.45, 2.75) is 0 Å². The van der Waals surface area contributed by atoms with Crippen LogP contribution in [0.3, 0.4) is 0 Å². The third-order valence-corrected chi connectivity index (χ3v) is 14.0. The van der Waals surface area contributed by atoms with Crippen molar-refractivity contribution < 1.29 is 4.42 Å². The predicted octanol–water partition coefficient (Wildman–Crippen LogP) is 15.7. The van der Waals surface area contributed by atoms with Crippen LogP contribution in [0.2, 0.25) is 0 Å². The Bertz CT molecular complexity index is 4230. The molecule has 0 spiro atoms. The summed E-state index contributed by atoms with van der Waals surface area (Å²) in [5.41, 5.74) is 7.53. The normalized spacial score (nSPS) is 12.1. The Balaban J connectivity index is 1.10. The molecule has 0 radical (unpaired) electrons. The predicted molar refractivity (Wildman–Crippen MR) is 263 cm³/mol. The second kappa shape index (κ2) is 13.2. The molecule has 292 valence electrons. The van der Waals surface area contributed by atoms with Crippen LogP contribution in [0.25, 0.3) is 136 Å². The van der Waals surface area contributed by atoms with Gasteiger partial charge in [0.15, 0.2) is 23.1 Å². The van der Waals surface area contributed by atoms with Crippen LogP contribution in [0.5, 0.6) is 0 Å². The molecular weight excluding hydrogens is 789 g/mol. The molecule has 0 saturated carbocycles. The maximum Gasteiger partial charge on any atom is 0.165 e. The summed E-state index contributed by atoms with van der Waals surface area (Å²) in [5, 5.41) is 13.9. The summed E-state index contributed by atoms with van der Waals surface area (Å²) in [6, 6.07) is 69.1. The van der Waals surface area contributed by atoms with Gasteiger partial charge in [-0.1, -0.05) is 140 Å². The van der Waals surface area contributed by atoms with Crippen molar-refractivity contribution in [3.05, 3.63) is 194 Å². The first-order chi connectivity index (χ1) is 31.2. The van der Waals surface area contributed by atoms with E-state index in [1.165, 1.54) is 53.2 Å². The first-order valence-corrected chi connectivity index (χ1v) is 22.0. The van der Waals surface area contributed by atoms with E-state index in [1.807, 2.05) is 6.07 Å². The minimum Gasteiger partial charge on any atom is -0.454 e. The second-order valence-corrected chi connectivity index (χ2v) is 17.4. The number of thiophene rings is 1. The fraction of sp³-hybridized carbons (Fsp3) is 0. The molecule has 5 nitrogen and oxygen atoms in total. The molecule has 10 aromatic carbocycles. The van der Waals surface area contributed by atoms with E-state index < -0.39 is 0 Å². The lowest BCUT2D eigenvalue weighted by atomic mass is 10.0. The molecule has 0 amide bonds. The van der Waals surface area contributed by atoms with Gasteiger partial charge in [0.2, 0.25) is 0 Å². The lowest BCUT2D eigenvalue weighted by Gasteiger charge is -2.13. The van der Waals surface area contributed by atoms with Gasteiger partial charge in [0, 0.05) is 58.4 Å². The Hall–Kier alpha value is -8.19. The average Bonchev–Trinajstić information content (AvgIpc) is 4.02. The third kappa shape index (κ3) is 5.19. The molecule has 0 atom stereocenters. The van der Waals surface area contributed by atoms with Crippen LogP contribution in [0.4, 0.5) is 0 Å². The molecule has 0 unspecified atom stereocenters. The first-order valence-electron chi connectivity index (χ1n) is 21.2. The van der Waals surface area contributed by atoms with Crippen molar-refractivity contribution in [2.75, 3.05) is 0 Å². The number of aromatic nitrogens is 4. The third-order valence-electron chi connectivity index (χ3n) is 12.8. The van der Waals surface area contributed by atoms with E-state index in [0.717, 1.165) is 65.4 Å². The molecule has 4 heterocycles. The minimum absolute atomic E-state index is 0.589. The number of fused-ring (bicyclic) bond motifs is 13. The molecule has 63 heavy (non-hydrogen) atoms. The van der Waals surface area contributed by atoms with E-state index >= 15 is 0 Å². The van der Waals surface area contributed by atoms with E-state index in [4.69, 9.17) is 19.4 Å². The number of nitrogens with zero attached hydrogens (tertiary/aromatic N) is 4. The highest BCUT2D eigenvalue weighted by atomic mass is 32.1. The Kier molecular flexibility index (Phi) is 7.21. The van der Waals surface area contributed by atoms with Gasteiger partial charge < -0.3 is 8.98 Å². The minimum atomic E-state index is 0.589. The Morgan fingerprint density at radius 1 is 0.397 bits per heavy atom. The van der Waals surface area contributed by atoms with Crippen LogP contribution in [-0.4, -0.2) is 19.5 Å². The number of hydrogen-bond donors (Lipinski definition) is 0. The van der Waals surface area contributed by atoms with Crippen LogP contribution >= 0.6 is 11.3 Å². The van der Waals surface area contributed by atoms with Crippen molar-refractivity contribution in [1.29, 1.82) is 0 Å². The van der Waals surface area contributed by atoms with Crippen LogP contribution in [0, 0.1) is 0 Å². The zero-order chi connectivity index (χ0) is 41.2. The van der Waals surface area contributed by atoms with Crippen molar-refractivity contribution in [3.63, 3.8) is 0 Å². The van der Waals surface area contributed by atoms with E-state index in [9.17, 15) is 0 Å². The zero-order valence-corrected chi connectivity index (χ0v) is 34.4. The maximum atomic E-state index is 6.90. The first kappa shape index (κ1) is 34.5. The lowest BCUT2D eigenvalue weighted by molar-refractivity contribution is 0.666. The average molecular weight is 821 g/mol. The highest BCUT2D eigenvalue weighted by Gasteiger charge is 2.23.